The van der Waals surface area contributed by atoms with Gasteiger partial charge in [0, 0.05) is 6.20 Å². The maximum Gasteiger partial charge on any atom is 0.417 e. The third-order valence-corrected chi connectivity index (χ3v) is 2.19. The molecule has 0 bridgehead atoms. The Morgan fingerprint density at radius 1 is 1.59 bits per heavy atom. The van der Waals surface area contributed by atoms with Gasteiger partial charge in [-0.1, -0.05) is 11.6 Å². The maximum atomic E-state index is 12.3. The molecule has 0 saturated heterocycles. The molecule has 8 heteroatoms. The fraction of sp³-hybridized carbons (Fsp3) is 0.222. The predicted molar refractivity (Wildman–Crippen MR) is 51.8 cm³/mol. The van der Waals surface area contributed by atoms with Gasteiger partial charge in [-0.25, -0.2) is 0 Å². The van der Waals surface area contributed by atoms with Crippen LogP contribution in [-0.4, -0.2) is 10.9 Å². The van der Waals surface area contributed by atoms with E-state index in [-0.39, 0.29) is 5.69 Å². The van der Waals surface area contributed by atoms with Gasteiger partial charge in [0.05, 0.1) is 22.3 Å². The van der Waals surface area contributed by atoms with Crippen molar-refractivity contribution in [3.8, 4) is 6.07 Å². The van der Waals surface area contributed by atoms with E-state index >= 15 is 0 Å². The van der Waals surface area contributed by atoms with Crippen LogP contribution in [-0.2, 0) is 11.0 Å². The number of nitrogens with two attached hydrogens (primary N) is 1. The minimum atomic E-state index is -4.59. The van der Waals surface area contributed by atoms with E-state index in [1.54, 1.807) is 0 Å². The summed E-state index contributed by atoms with van der Waals surface area (Å²) in [6, 6.07) is 2.11. The molecular formula is C9H5ClF3N3O. The van der Waals surface area contributed by atoms with Crippen LogP contribution in [0.5, 0.6) is 0 Å². The molecule has 0 aromatic carbocycles. The lowest BCUT2D eigenvalue weighted by Crippen LogP contribution is -2.21. The van der Waals surface area contributed by atoms with E-state index in [9.17, 15) is 18.0 Å². The van der Waals surface area contributed by atoms with Crippen molar-refractivity contribution in [3.05, 3.63) is 28.5 Å². The Labute approximate surface area is 98.8 Å². The second-order valence-electron chi connectivity index (χ2n) is 3.05. The second kappa shape index (κ2) is 4.59. The van der Waals surface area contributed by atoms with Gasteiger partial charge in [-0.2, -0.15) is 18.4 Å². The average Bonchev–Trinajstić information content (AvgIpc) is 2.19. The zero-order valence-corrected chi connectivity index (χ0v) is 8.88. The number of hydrogen-bond donors (Lipinski definition) is 1. The van der Waals surface area contributed by atoms with Crippen LogP contribution >= 0.6 is 11.6 Å². The third-order valence-electron chi connectivity index (χ3n) is 1.88. The van der Waals surface area contributed by atoms with Crippen LogP contribution < -0.4 is 5.73 Å². The first kappa shape index (κ1) is 13.3. The van der Waals surface area contributed by atoms with Crippen LogP contribution in [0.4, 0.5) is 13.2 Å². The minimum absolute atomic E-state index is 0.283. The van der Waals surface area contributed by atoms with E-state index < -0.39 is 28.6 Å². The molecule has 1 aromatic heterocycles. The Hall–Kier alpha value is -1.81. The van der Waals surface area contributed by atoms with Gasteiger partial charge in [0.15, 0.2) is 5.92 Å². The summed E-state index contributed by atoms with van der Waals surface area (Å²) < 4.78 is 36.9. The van der Waals surface area contributed by atoms with E-state index in [0.29, 0.717) is 12.3 Å². The van der Waals surface area contributed by atoms with Gasteiger partial charge >= 0.3 is 6.18 Å². The summed E-state index contributed by atoms with van der Waals surface area (Å²) >= 11 is 5.53. The first-order valence-electron chi connectivity index (χ1n) is 4.19. The first-order chi connectivity index (χ1) is 7.77. The Morgan fingerprint density at radius 2 is 2.18 bits per heavy atom. The number of carbonyl (C=O) groups excluding carboxylic acids is 1. The fourth-order valence-corrected chi connectivity index (χ4v) is 1.35. The summed E-state index contributed by atoms with van der Waals surface area (Å²) in [5.74, 6) is -2.49. The van der Waals surface area contributed by atoms with Gasteiger partial charge in [0.25, 0.3) is 0 Å². The first-order valence-corrected chi connectivity index (χ1v) is 4.56. The summed E-state index contributed by atoms with van der Waals surface area (Å²) in [5, 5.41) is 8.21. The van der Waals surface area contributed by atoms with Crippen LogP contribution in [0.15, 0.2) is 12.3 Å². The number of rotatable bonds is 2. The van der Waals surface area contributed by atoms with Crippen molar-refractivity contribution < 1.29 is 18.0 Å². The molecule has 1 heterocycles. The van der Waals surface area contributed by atoms with Gasteiger partial charge in [-0.3, -0.25) is 9.78 Å². The van der Waals surface area contributed by atoms with E-state index in [2.05, 4.69) is 4.98 Å². The summed E-state index contributed by atoms with van der Waals surface area (Å²) in [7, 11) is 0. The molecule has 1 aromatic rings. The molecule has 1 rings (SSSR count). The van der Waals surface area contributed by atoms with E-state index in [0.717, 1.165) is 0 Å². The number of alkyl halides is 3. The van der Waals surface area contributed by atoms with E-state index in [4.69, 9.17) is 22.6 Å². The highest BCUT2D eigenvalue weighted by molar-refractivity contribution is 6.31. The third kappa shape index (κ3) is 2.85. The lowest BCUT2D eigenvalue weighted by molar-refractivity contribution is -0.137. The summed E-state index contributed by atoms with van der Waals surface area (Å²) in [6.07, 6.45) is -4.10. The van der Waals surface area contributed by atoms with Gasteiger partial charge < -0.3 is 5.73 Å². The minimum Gasteiger partial charge on any atom is -0.368 e. The van der Waals surface area contributed by atoms with Crippen LogP contribution in [0.3, 0.4) is 0 Å². The van der Waals surface area contributed by atoms with Crippen molar-refractivity contribution in [1.29, 1.82) is 5.26 Å². The molecule has 0 aliphatic heterocycles. The molecule has 0 aliphatic carbocycles. The second-order valence-corrected chi connectivity index (χ2v) is 3.46. The largest absolute Gasteiger partial charge is 0.417 e. The molecule has 1 amide bonds. The molecule has 1 atom stereocenters. The number of nitriles is 1. The van der Waals surface area contributed by atoms with Crippen molar-refractivity contribution in [2.45, 2.75) is 12.1 Å². The normalized spacial score (nSPS) is 12.9. The molecule has 0 spiro atoms. The highest BCUT2D eigenvalue weighted by Gasteiger charge is 2.32. The van der Waals surface area contributed by atoms with Gasteiger partial charge in [-0.15, -0.1) is 0 Å². The van der Waals surface area contributed by atoms with Crippen molar-refractivity contribution >= 4 is 17.5 Å². The maximum absolute atomic E-state index is 12.3. The topological polar surface area (TPSA) is 79.8 Å². The number of hydrogen-bond acceptors (Lipinski definition) is 3. The van der Waals surface area contributed by atoms with Gasteiger partial charge in [0.2, 0.25) is 5.91 Å². The Morgan fingerprint density at radius 3 is 2.53 bits per heavy atom. The molecule has 0 saturated carbocycles. The average molecular weight is 264 g/mol. The Kier molecular flexibility index (Phi) is 3.58. The molecule has 0 fully saturated rings. The van der Waals surface area contributed by atoms with Crippen LogP contribution in [0.1, 0.15) is 17.2 Å². The monoisotopic (exact) mass is 263 g/mol. The quantitative estimate of drug-likeness (QED) is 0.884. The molecule has 0 aliphatic rings. The van der Waals surface area contributed by atoms with Crippen molar-refractivity contribution in [3.63, 3.8) is 0 Å². The van der Waals surface area contributed by atoms with Gasteiger partial charge in [0.1, 0.15) is 0 Å². The lowest BCUT2D eigenvalue weighted by Gasteiger charge is -2.10. The highest BCUT2D eigenvalue weighted by atomic mass is 35.5. The predicted octanol–water partition coefficient (Wildman–Crippen LogP) is 1.85. The number of nitrogens with zero attached hydrogens (tertiary/aromatic N) is 2. The molecule has 90 valence electrons. The van der Waals surface area contributed by atoms with E-state index in [1.807, 2.05) is 0 Å². The number of primary amides is 1. The zero-order chi connectivity index (χ0) is 13.2. The summed E-state index contributed by atoms with van der Waals surface area (Å²) in [6.45, 7) is 0. The number of carbonyl (C=O) groups is 1. The highest BCUT2D eigenvalue weighted by Crippen LogP contribution is 2.32. The van der Waals surface area contributed by atoms with Crippen LogP contribution in [0.25, 0.3) is 0 Å². The smallest absolute Gasteiger partial charge is 0.368 e. The standard InChI is InChI=1S/C9H5ClF3N3O/c10-6-1-4(9(11,12)13)3-16-7(6)5(2-14)8(15)17/h1,3,5H,(H2,15,17)/t5-/m1/s1. The Bertz CT molecular complexity index is 495. The fourth-order valence-electron chi connectivity index (χ4n) is 1.08. The lowest BCUT2D eigenvalue weighted by atomic mass is 10.1. The molecular weight excluding hydrogens is 259 g/mol. The molecule has 17 heavy (non-hydrogen) atoms. The van der Waals surface area contributed by atoms with Crippen LogP contribution in [0, 0.1) is 11.3 Å². The van der Waals surface area contributed by atoms with Crippen molar-refractivity contribution in [2.75, 3.05) is 0 Å². The number of halogens is 4. The molecule has 0 unspecified atom stereocenters. The molecule has 0 radical (unpaired) electrons. The summed E-state index contributed by atoms with van der Waals surface area (Å²) in [4.78, 5) is 14.2. The van der Waals surface area contributed by atoms with Crippen molar-refractivity contribution in [2.24, 2.45) is 5.73 Å². The Balaban J connectivity index is 3.24. The number of pyridine rings is 1. The summed E-state index contributed by atoms with van der Waals surface area (Å²) in [5.41, 5.74) is 3.54. The number of aromatic nitrogens is 1. The molecule has 4 nitrogen and oxygen atoms in total. The molecule has 2 N–H and O–H groups in total. The van der Waals surface area contributed by atoms with E-state index in [1.165, 1.54) is 6.07 Å². The SMILES string of the molecule is N#C[C@@H](C(N)=O)c1ncc(C(F)(F)F)cc1Cl. The number of amides is 1. The zero-order valence-electron chi connectivity index (χ0n) is 8.12. The van der Waals surface area contributed by atoms with Crippen molar-refractivity contribution in [1.82, 2.24) is 4.98 Å². The van der Waals surface area contributed by atoms with Gasteiger partial charge in [-0.05, 0) is 6.07 Å². The van der Waals surface area contributed by atoms with Crippen LogP contribution in [0.2, 0.25) is 5.02 Å².